The smallest absolute Gasteiger partial charge is 0.249 e. The third-order valence-electron chi connectivity index (χ3n) is 5.09. The number of aromatic nitrogens is 1. The van der Waals surface area contributed by atoms with Crippen LogP contribution in [0.2, 0.25) is 5.02 Å². The molecule has 1 unspecified atom stereocenters. The second-order valence-electron chi connectivity index (χ2n) is 7.13. The minimum absolute atomic E-state index is 0.0950. The van der Waals surface area contributed by atoms with Crippen LogP contribution in [0, 0.1) is 6.92 Å². The molecule has 0 radical (unpaired) electrons. The monoisotopic (exact) mass is 405 g/mol. The molecule has 1 amide bonds. The molecule has 5 nitrogen and oxygen atoms in total. The van der Waals surface area contributed by atoms with E-state index in [-0.39, 0.29) is 11.8 Å². The number of anilines is 1. The van der Waals surface area contributed by atoms with E-state index in [2.05, 4.69) is 5.32 Å². The van der Waals surface area contributed by atoms with Gasteiger partial charge in [-0.15, -0.1) is 0 Å². The summed E-state index contributed by atoms with van der Waals surface area (Å²) in [6, 6.07) is 14.5. The zero-order valence-electron chi connectivity index (χ0n) is 16.1. The number of nitrogens with one attached hydrogen (secondary N) is 1. The molecule has 0 aliphatic carbocycles. The topological polar surface area (TPSA) is 63.5 Å². The molecule has 4 rings (SSSR count). The summed E-state index contributed by atoms with van der Waals surface area (Å²) in [5.41, 5.74) is 4.97. The Morgan fingerprint density at radius 2 is 2.00 bits per heavy atom. The van der Waals surface area contributed by atoms with Gasteiger partial charge in [0.25, 0.3) is 0 Å². The summed E-state index contributed by atoms with van der Waals surface area (Å²) in [5.74, 6) is -0.264. The van der Waals surface area contributed by atoms with E-state index in [4.69, 9.17) is 16.6 Å². The summed E-state index contributed by atoms with van der Waals surface area (Å²) in [5, 5.41) is 3.53. The number of nitrogens with zero attached hydrogens (tertiary/aromatic N) is 2. The number of fused-ring (bicyclic) bond motifs is 1. The molecule has 1 aliphatic heterocycles. The van der Waals surface area contributed by atoms with Crippen LogP contribution in [0.3, 0.4) is 0 Å². The predicted octanol–water partition coefficient (Wildman–Crippen LogP) is 4.51. The fourth-order valence-corrected chi connectivity index (χ4v) is 3.64. The number of rotatable bonds is 3. The van der Waals surface area contributed by atoms with Gasteiger partial charge in [-0.2, -0.15) is 0 Å². The van der Waals surface area contributed by atoms with Crippen molar-refractivity contribution in [1.82, 2.24) is 4.57 Å². The minimum Gasteiger partial charge on any atom is -0.324 e. The molecule has 1 atom stereocenters. The van der Waals surface area contributed by atoms with Crippen LogP contribution in [0.15, 0.2) is 65.9 Å². The Balaban J connectivity index is 1.83. The first kappa shape index (κ1) is 19.2. The van der Waals surface area contributed by atoms with E-state index >= 15 is 0 Å². The lowest BCUT2D eigenvalue weighted by molar-refractivity contribution is -0.117. The molecular weight excluding hydrogens is 386 g/mol. The van der Waals surface area contributed by atoms with E-state index < -0.39 is 6.04 Å². The first-order chi connectivity index (χ1) is 13.9. The third kappa shape index (κ3) is 3.87. The van der Waals surface area contributed by atoms with Gasteiger partial charge in [-0.3, -0.25) is 19.1 Å². The molecule has 1 aliphatic rings. The first-order valence-corrected chi connectivity index (χ1v) is 9.72. The highest BCUT2D eigenvalue weighted by atomic mass is 35.5. The maximum atomic E-state index is 13.0. The zero-order valence-corrected chi connectivity index (χ0v) is 16.9. The molecule has 0 bridgehead atoms. The van der Waals surface area contributed by atoms with E-state index in [1.807, 2.05) is 37.3 Å². The number of benzodiazepines with no additional fused rings is 1. The highest BCUT2D eigenvalue weighted by molar-refractivity contribution is 6.32. The van der Waals surface area contributed by atoms with Gasteiger partial charge in [0, 0.05) is 41.9 Å². The fraction of sp³-hybridized carbons (Fsp3) is 0.174. The van der Waals surface area contributed by atoms with Crippen LogP contribution in [0.4, 0.5) is 5.69 Å². The Morgan fingerprint density at radius 1 is 1.21 bits per heavy atom. The Hall–Kier alpha value is -3.18. The molecular formula is C23H20ClN3O2. The number of hydrogen-bond donors (Lipinski definition) is 1. The maximum Gasteiger partial charge on any atom is 0.249 e. The van der Waals surface area contributed by atoms with E-state index in [9.17, 15) is 9.59 Å². The van der Waals surface area contributed by atoms with Gasteiger partial charge in [0.1, 0.15) is 6.04 Å². The highest BCUT2D eigenvalue weighted by Crippen LogP contribution is 2.28. The molecule has 2 aromatic carbocycles. The second-order valence-corrected chi connectivity index (χ2v) is 7.57. The number of benzene rings is 2. The first-order valence-electron chi connectivity index (χ1n) is 9.35. The Bertz CT molecular complexity index is 1150. The van der Waals surface area contributed by atoms with Crippen LogP contribution in [0.5, 0.6) is 0 Å². The van der Waals surface area contributed by atoms with Gasteiger partial charge < -0.3 is 5.32 Å². The fourth-order valence-electron chi connectivity index (χ4n) is 3.47. The zero-order chi connectivity index (χ0) is 20.5. The van der Waals surface area contributed by atoms with Crippen molar-refractivity contribution in [3.63, 3.8) is 0 Å². The molecule has 0 fully saturated rings. The number of halogens is 1. The number of amides is 1. The lowest BCUT2D eigenvalue weighted by atomic mass is 10.0. The van der Waals surface area contributed by atoms with Crippen molar-refractivity contribution in [2.24, 2.45) is 4.99 Å². The number of hydrogen-bond acceptors (Lipinski definition) is 3. The average molecular weight is 406 g/mol. The molecule has 1 N–H and O–H groups in total. The lowest BCUT2D eigenvalue weighted by Crippen LogP contribution is -2.27. The van der Waals surface area contributed by atoms with E-state index in [1.165, 1.54) is 11.5 Å². The van der Waals surface area contributed by atoms with Crippen molar-refractivity contribution in [3.05, 3.63) is 88.2 Å². The molecule has 3 aromatic rings. The van der Waals surface area contributed by atoms with Crippen LogP contribution in [-0.2, 0) is 11.2 Å². The second kappa shape index (κ2) is 7.68. The van der Waals surface area contributed by atoms with Crippen LogP contribution >= 0.6 is 11.6 Å². The van der Waals surface area contributed by atoms with E-state index in [1.54, 1.807) is 30.6 Å². The normalized spacial score (nSPS) is 15.9. The number of carbonyl (C=O) groups excluding carboxylic acids is 2. The molecule has 0 saturated heterocycles. The van der Waals surface area contributed by atoms with Gasteiger partial charge in [-0.05, 0) is 42.3 Å². The van der Waals surface area contributed by atoms with Crippen LogP contribution in [0.1, 0.15) is 34.0 Å². The summed E-state index contributed by atoms with van der Waals surface area (Å²) >= 11 is 6.23. The molecule has 6 heteroatoms. The largest absolute Gasteiger partial charge is 0.324 e. The SMILES string of the molecule is CC(=O)n1ccc(C2=NC(Cc3ccccc3C)C(=O)Nc3ccc(Cl)cc32)c1. The Labute approximate surface area is 174 Å². The maximum absolute atomic E-state index is 13.0. The van der Waals surface area contributed by atoms with E-state index in [0.29, 0.717) is 22.8 Å². The van der Waals surface area contributed by atoms with Gasteiger partial charge in [0.05, 0.1) is 11.4 Å². The van der Waals surface area contributed by atoms with Crippen molar-refractivity contribution in [1.29, 1.82) is 0 Å². The molecule has 1 aromatic heterocycles. The van der Waals surface area contributed by atoms with Crippen LogP contribution < -0.4 is 5.32 Å². The van der Waals surface area contributed by atoms with Crippen molar-refractivity contribution in [3.8, 4) is 0 Å². The average Bonchev–Trinajstić information content (AvgIpc) is 3.13. The number of aliphatic imine (C=N–C) groups is 1. The van der Waals surface area contributed by atoms with Gasteiger partial charge >= 0.3 is 0 Å². The number of carbonyl (C=O) groups is 2. The highest BCUT2D eigenvalue weighted by Gasteiger charge is 2.27. The van der Waals surface area contributed by atoms with Crippen molar-refractivity contribution < 1.29 is 9.59 Å². The Morgan fingerprint density at radius 3 is 2.72 bits per heavy atom. The van der Waals surface area contributed by atoms with Gasteiger partial charge in [0.2, 0.25) is 11.8 Å². The van der Waals surface area contributed by atoms with Gasteiger partial charge in [0.15, 0.2) is 0 Å². The lowest BCUT2D eigenvalue weighted by Gasteiger charge is -2.12. The Kier molecular flexibility index (Phi) is 5.07. The predicted molar refractivity (Wildman–Crippen MR) is 115 cm³/mol. The van der Waals surface area contributed by atoms with E-state index in [0.717, 1.165) is 22.3 Å². The summed E-state index contributed by atoms with van der Waals surface area (Å²) in [6.45, 7) is 3.52. The molecule has 0 saturated carbocycles. The summed E-state index contributed by atoms with van der Waals surface area (Å²) in [6.07, 6.45) is 3.91. The van der Waals surface area contributed by atoms with Crippen LogP contribution in [0.25, 0.3) is 0 Å². The minimum atomic E-state index is -0.599. The molecule has 146 valence electrons. The van der Waals surface area contributed by atoms with Gasteiger partial charge in [-0.1, -0.05) is 35.9 Å². The molecule has 0 spiro atoms. The quantitative estimate of drug-likeness (QED) is 0.696. The van der Waals surface area contributed by atoms with Gasteiger partial charge in [-0.25, -0.2) is 0 Å². The molecule has 2 heterocycles. The third-order valence-corrected chi connectivity index (χ3v) is 5.32. The molecule has 29 heavy (non-hydrogen) atoms. The van der Waals surface area contributed by atoms with Crippen molar-refractivity contribution >= 4 is 34.8 Å². The summed E-state index contributed by atoms with van der Waals surface area (Å²) in [7, 11) is 0. The van der Waals surface area contributed by atoms with Crippen molar-refractivity contribution in [2.45, 2.75) is 26.3 Å². The van der Waals surface area contributed by atoms with Crippen molar-refractivity contribution in [2.75, 3.05) is 5.32 Å². The van der Waals surface area contributed by atoms with Crippen LogP contribution in [-0.4, -0.2) is 28.1 Å². The standard InChI is InChI=1S/C23H20ClN3O2/c1-14-5-3-4-6-16(14)11-21-23(29)26-20-8-7-18(24)12-19(20)22(25-21)17-9-10-27(13-17)15(2)28/h3-10,12-13,21H,11H2,1-2H3,(H,26,29). The summed E-state index contributed by atoms with van der Waals surface area (Å²) in [4.78, 5) is 29.5. The summed E-state index contributed by atoms with van der Waals surface area (Å²) < 4.78 is 1.50. The number of aryl methyl sites for hydroxylation is 1.